The summed E-state index contributed by atoms with van der Waals surface area (Å²) in [6.07, 6.45) is -4.93. The molecule has 29 heavy (non-hydrogen) atoms. The minimum atomic E-state index is -4.93. The molecule has 0 aliphatic heterocycles. The van der Waals surface area contributed by atoms with Crippen LogP contribution in [0.5, 0.6) is 0 Å². The summed E-state index contributed by atoms with van der Waals surface area (Å²) in [7, 11) is 0. The maximum atomic E-state index is 13.6. The molecule has 0 atom stereocenters. The van der Waals surface area contributed by atoms with E-state index in [-0.39, 0.29) is 11.1 Å². The summed E-state index contributed by atoms with van der Waals surface area (Å²) in [5.74, 6) is -1.81. The first kappa shape index (κ1) is 20.5. The smallest absolute Gasteiger partial charge is 0.321 e. The van der Waals surface area contributed by atoms with Gasteiger partial charge in [-0.2, -0.15) is 13.2 Å². The van der Waals surface area contributed by atoms with Crippen molar-refractivity contribution < 1.29 is 22.4 Å². The highest BCUT2D eigenvalue weighted by molar-refractivity contribution is 6.03. The number of alkyl halides is 3. The number of benzene rings is 2. The maximum Gasteiger partial charge on any atom is 0.435 e. The Morgan fingerprint density at radius 2 is 1.69 bits per heavy atom. The van der Waals surface area contributed by atoms with Crippen molar-refractivity contribution in [1.29, 1.82) is 0 Å². The second-order valence-electron chi connectivity index (χ2n) is 7.46. The predicted molar refractivity (Wildman–Crippen MR) is 99.4 cm³/mol. The molecule has 0 saturated heterocycles. The lowest BCUT2D eigenvalue weighted by atomic mass is 9.87. The molecule has 1 N–H and O–H groups in total. The van der Waals surface area contributed by atoms with Crippen molar-refractivity contribution in [1.82, 2.24) is 15.0 Å². The molecule has 5 nitrogen and oxygen atoms in total. The van der Waals surface area contributed by atoms with Crippen molar-refractivity contribution in [2.24, 2.45) is 0 Å². The van der Waals surface area contributed by atoms with Gasteiger partial charge in [-0.3, -0.25) is 4.79 Å². The molecule has 0 saturated carbocycles. The Morgan fingerprint density at radius 3 is 2.24 bits per heavy atom. The minimum absolute atomic E-state index is 0.111. The van der Waals surface area contributed by atoms with E-state index in [1.54, 1.807) is 24.3 Å². The Bertz CT molecular complexity index is 1030. The van der Waals surface area contributed by atoms with Gasteiger partial charge >= 0.3 is 6.18 Å². The van der Waals surface area contributed by atoms with Crippen LogP contribution in [-0.4, -0.2) is 20.9 Å². The van der Waals surface area contributed by atoms with E-state index in [1.807, 2.05) is 20.8 Å². The van der Waals surface area contributed by atoms with Crippen LogP contribution in [0.3, 0.4) is 0 Å². The molecule has 3 aromatic rings. The van der Waals surface area contributed by atoms with E-state index in [9.17, 15) is 22.4 Å². The lowest BCUT2D eigenvalue weighted by Gasteiger charge is -2.19. The van der Waals surface area contributed by atoms with Gasteiger partial charge in [0.25, 0.3) is 5.91 Å². The van der Waals surface area contributed by atoms with Crippen LogP contribution in [-0.2, 0) is 11.6 Å². The van der Waals surface area contributed by atoms with Crippen LogP contribution >= 0.6 is 0 Å². The molecule has 0 bridgehead atoms. The molecule has 0 unspecified atom stereocenters. The number of nitrogens with one attached hydrogen (secondary N) is 1. The van der Waals surface area contributed by atoms with Crippen LogP contribution in [0.1, 0.15) is 42.5 Å². The van der Waals surface area contributed by atoms with Gasteiger partial charge in [0.2, 0.25) is 0 Å². The highest BCUT2D eigenvalue weighted by Gasteiger charge is 2.42. The molecule has 1 amide bonds. The maximum absolute atomic E-state index is 13.6. The number of carbonyl (C=O) groups is 1. The topological polar surface area (TPSA) is 59.8 Å². The Hall–Kier alpha value is -3.23. The van der Waals surface area contributed by atoms with Gasteiger partial charge in [0.05, 0.1) is 5.69 Å². The van der Waals surface area contributed by atoms with Gasteiger partial charge in [0.15, 0.2) is 11.4 Å². The largest absolute Gasteiger partial charge is 0.435 e. The molecule has 1 heterocycles. The van der Waals surface area contributed by atoms with E-state index in [0.29, 0.717) is 10.4 Å². The first-order valence-corrected chi connectivity index (χ1v) is 8.67. The van der Waals surface area contributed by atoms with Crippen molar-refractivity contribution in [3.8, 4) is 5.69 Å². The fraction of sp³-hybridized carbons (Fsp3) is 0.250. The molecular formula is C20H18F4N4O. The van der Waals surface area contributed by atoms with Crippen molar-refractivity contribution in [3.63, 3.8) is 0 Å². The third-order valence-corrected chi connectivity index (χ3v) is 4.22. The summed E-state index contributed by atoms with van der Waals surface area (Å²) in [5.41, 5.74) is -1.27. The number of rotatable bonds is 3. The molecule has 0 aliphatic carbocycles. The lowest BCUT2D eigenvalue weighted by molar-refractivity contribution is -0.143. The van der Waals surface area contributed by atoms with Gasteiger partial charge in [-0.25, -0.2) is 9.07 Å². The quantitative estimate of drug-likeness (QED) is 0.625. The molecule has 0 fully saturated rings. The number of hydrogen-bond acceptors (Lipinski definition) is 3. The molecule has 0 aliphatic rings. The van der Waals surface area contributed by atoms with Crippen molar-refractivity contribution in [2.75, 3.05) is 5.32 Å². The molecule has 152 valence electrons. The van der Waals surface area contributed by atoms with Gasteiger partial charge in [0, 0.05) is 5.69 Å². The summed E-state index contributed by atoms with van der Waals surface area (Å²) < 4.78 is 54.7. The molecule has 2 aromatic carbocycles. The van der Waals surface area contributed by atoms with Gasteiger partial charge < -0.3 is 5.32 Å². The number of halogens is 4. The van der Waals surface area contributed by atoms with Crippen molar-refractivity contribution in [2.45, 2.75) is 32.4 Å². The van der Waals surface area contributed by atoms with Crippen LogP contribution in [0.15, 0.2) is 48.5 Å². The second kappa shape index (κ2) is 7.31. The van der Waals surface area contributed by atoms with Crippen LogP contribution in [0.25, 0.3) is 5.69 Å². The fourth-order valence-corrected chi connectivity index (χ4v) is 2.72. The minimum Gasteiger partial charge on any atom is -0.321 e. The van der Waals surface area contributed by atoms with E-state index in [4.69, 9.17) is 0 Å². The predicted octanol–water partition coefficient (Wildman–Crippen LogP) is 4.98. The van der Waals surface area contributed by atoms with E-state index in [0.717, 1.165) is 17.7 Å². The first-order chi connectivity index (χ1) is 13.5. The number of nitrogens with zero attached hydrogens (tertiary/aromatic N) is 3. The van der Waals surface area contributed by atoms with E-state index >= 15 is 0 Å². The molecule has 3 rings (SSSR count). The summed E-state index contributed by atoms with van der Waals surface area (Å²) in [4.78, 5) is 12.5. The summed E-state index contributed by atoms with van der Waals surface area (Å²) in [6.45, 7) is 6.04. The molecular weight excluding hydrogens is 388 g/mol. The standard InChI is InChI=1S/C20H18F4N4O/c1-19(2,3)12-7-9-14(10-8-12)25-18(29)16-17(20(22,23)24)28(27-26-16)15-6-4-5-13(21)11-15/h4-11H,1-3H3,(H,25,29). The molecule has 1 aromatic heterocycles. The highest BCUT2D eigenvalue weighted by Crippen LogP contribution is 2.33. The van der Waals surface area contributed by atoms with E-state index < -0.39 is 29.3 Å². The Balaban J connectivity index is 1.95. The Morgan fingerprint density at radius 1 is 1.03 bits per heavy atom. The zero-order chi connectivity index (χ0) is 21.4. The zero-order valence-corrected chi connectivity index (χ0v) is 15.9. The van der Waals surface area contributed by atoms with Crippen LogP contribution in [0.4, 0.5) is 23.2 Å². The SMILES string of the molecule is CC(C)(C)c1ccc(NC(=O)c2nnn(-c3cccc(F)c3)c2C(F)(F)F)cc1. The van der Waals surface area contributed by atoms with Crippen molar-refractivity contribution >= 4 is 11.6 Å². The molecule has 9 heteroatoms. The summed E-state index contributed by atoms with van der Waals surface area (Å²) in [6, 6.07) is 11.2. The second-order valence-corrected chi connectivity index (χ2v) is 7.46. The van der Waals surface area contributed by atoms with Gasteiger partial charge in [-0.1, -0.05) is 44.2 Å². The normalized spacial score (nSPS) is 12.1. The van der Waals surface area contributed by atoms with E-state index in [1.165, 1.54) is 12.1 Å². The number of anilines is 1. The average molecular weight is 406 g/mol. The lowest BCUT2D eigenvalue weighted by Crippen LogP contribution is -2.21. The number of aromatic nitrogens is 3. The third-order valence-electron chi connectivity index (χ3n) is 4.22. The van der Waals surface area contributed by atoms with Crippen LogP contribution in [0, 0.1) is 5.82 Å². The Kier molecular flexibility index (Phi) is 5.16. The van der Waals surface area contributed by atoms with Gasteiger partial charge in [-0.05, 0) is 41.3 Å². The highest BCUT2D eigenvalue weighted by atomic mass is 19.4. The number of hydrogen-bond donors (Lipinski definition) is 1. The first-order valence-electron chi connectivity index (χ1n) is 8.67. The molecule has 0 spiro atoms. The van der Waals surface area contributed by atoms with Gasteiger partial charge in [-0.15, -0.1) is 5.10 Å². The fourth-order valence-electron chi connectivity index (χ4n) is 2.72. The number of amides is 1. The molecule has 0 radical (unpaired) electrons. The monoisotopic (exact) mass is 406 g/mol. The van der Waals surface area contributed by atoms with Gasteiger partial charge in [0.1, 0.15) is 5.82 Å². The zero-order valence-electron chi connectivity index (χ0n) is 15.9. The Labute approximate surface area is 164 Å². The van der Waals surface area contributed by atoms with Crippen molar-refractivity contribution in [3.05, 3.63) is 71.3 Å². The van der Waals surface area contributed by atoms with E-state index in [2.05, 4.69) is 15.6 Å². The summed E-state index contributed by atoms with van der Waals surface area (Å²) in [5, 5.41) is 9.22. The summed E-state index contributed by atoms with van der Waals surface area (Å²) >= 11 is 0. The van der Waals surface area contributed by atoms with Crippen LogP contribution < -0.4 is 5.32 Å². The third kappa shape index (κ3) is 4.44. The average Bonchev–Trinajstić information content (AvgIpc) is 3.07. The number of carbonyl (C=O) groups excluding carboxylic acids is 1. The van der Waals surface area contributed by atoms with Crippen LogP contribution in [0.2, 0.25) is 0 Å².